The maximum atomic E-state index is 13.0. The number of halogens is 4. The van der Waals surface area contributed by atoms with Gasteiger partial charge >= 0.3 is 12.3 Å². The van der Waals surface area contributed by atoms with Crippen molar-refractivity contribution in [1.82, 2.24) is 5.32 Å². The van der Waals surface area contributed by atoms with Gasteiger partial charge in [0.1, 0.15) is 6.04 Å². The van der Waals surface area contributed by atoms with Crippen molar-refractivity contribution in [3.8, 4) is 0 Å². The first-order chi connectivity index (χ1) is 10.5. The minimum Gasteiger partial charge on any atom is -0.465 e. The average molecular weight is 397 g/mol. The van der Waals surface area contributed by atoms with Crippen molar-refractivity contribution >= 4 is 33.6 Å². The van der Waals surface area contributed by atoms with Crippen LogP contribution in [0.3, 0.4) is 0 Å². The quantitative estimate of drug-likeness (QED) is 0.701. The Morgan fingerprint density at radius 1 is 1.30 bits per heavy atom. The lowest BCUT2D eigenvalue weighted by atomic mass is 10.0. The van der Waals surface area contributed by atoms with Crippen molar-refractivity contribution in [2.45, 2.75) is 32.5 Å². The van der Waals surface area contributed by atoms with E-state index >= 15 is 0 Å². The van der Waals surface area contributed by atoms with E-state index in [0.717, 1.165) is 12.1 Å². The lowest BCUT2D eigenvalue weighted by Crippen LogP contribution is -2.44. The lowest BCUT2D eigenvalue weighted by molar-refractivity contribution is -0.137. The Labute approximate surface area is 139 Å². The summed E-state index contributed by atoms with van der Waals surface area (Å²) in [5.74, 6) is -0.862. The molecule has 0 radical (unpaired) electrons. The fourth-order valence-electron chi connectivity index (χ4n) is 1.93. The smallest absolute Gasteiger partial charge is 0.418 e. The van der Waals surface area contributed by atoms with Crippen LogP contribution in [-0.4, -0.2) is 23.1 Å². The van der Waals surface area contributed by atoms with Gasteiger partial charge in [-0.2, -0.15) is 13.2 Å². The topological polar surface area (TPSA) is 78.4 Å². The van der Waals surface area contributed by atoms with Crippen LogP contribution < -0.4 is 10.6 Å². The Balaban J connectivity index is 3.04. The van der Waals surface area contributed by atoms with E-state index in [-0.39, 0.29) is 16.8 Å². The van der Waals surface area contributed by atoms with E-state index in [0.29, 0.717) is 0 Å². The standard InChI is InChI=1S/C14H16BrF3N2O3/c1-7(2)5-11(20-13(22)23)12(21)19-10-4-3-8(15)6-9(10)14(16,17)18/h3-4,6-7,11,20H,5H2,1-2H3,(H,19,21)(H,22,23). The van der Waals surface area contributed by atoms with Crippen LogP contribution in [0.15, 0.2) is 22.7 Å². The van der Waals surface area contributed by atoms with Crippen LogP contribution in [0, 0.1) is 5.92 Å². The lowest BCUT2D eigenvalue weighted by Gasteiger charge is -2.20. The fraction of sp³-hybridized carbons (Fsp3) is 0.429. The molecule has 0 aromatic heterocycles. The number of carboxylic acid groups (broad SMARTS) is 1. The van der Waals surface area contributed by atoms with Crippen LogP contribution >= 0.6 is 15.9 Å². The molecule has 0 saturated carbocycles. The first-order valence-electron chi connectivity index (χ1n) is 6.67. The van der Waals surface area contributed by atoms with Crippen LogP contribution in [0.25, 0.3) is 0 Å². The van der Waals surface area contributed by atoms with Gasteiger partial charge in [0.15, 0.2) is 0 Å². The number of carbonyl (C=O) groups is 2. The molecule has 0 saturated heterocycles. The van der Waals surface area contributed by atoms with Gasteiger partial charge in [0.2, 0.25) is 5.91 Å². The zero-order valence-corrected chi connectivity index (χ0v) is 14.0. The number of rotatable bonds is 5. The molecular weight excluding hydrogens is 381 g/mol. The molecule has 128 valence electrons. The van der Waals surface area contributed by atoms with E-state index in [4.69, 9.17) is 5.11 Å². The Bertz CT molecular complexity index is 591. The molecule has 0 heterocycles. The van der Waals surface area contributed by atoms with Crippen LogP contribution in [0.5, 0.6) is 0 Å². The first-order valence-corrected chi connectivity index (χ1v) is 7.47. The van der Waals surface area contributed by atoms with E-state index < -0.39 is 35.5 Å². The molecule has 1 rings (SSSR count). The number of benzene rings is 1. The normalized spacial score (nSPS) is 12.8. The molecule has 9 heteroatoms. The van der Waals surface area contributed by atoms with Gasteiger partial charge in [-0.05, 0) is 30.5 Å². The molecule has 1 unspecified atom stereocenters. The minimum atomic E-state index is -4.65. The molecule has 5 nitrogen and oxygen atoms in total. The summed E-state index contributed by atoms with van der Waals surface area (Å²) in [6, 6.07) is 2.17. The SMILES string of the molecule is CC(C)CC(NC(=O)O)C(=O)Nc1ccc(Br)cc1C(F)(F)F. The second kappa shape index (κ2) is 7.67. The number of alkyl halides is 3. The van der Waals surface area contributed by atoms with Crippen molar-refractivity contribution in [1.29, 1.82) is 0 Å². The van der Waals surface area contributed by atoms with Crippen LogP contribution in [0.4, 0.5) is 23.7 Å². The number of amides is 2. The van der Waals surface area contributed by atoms with Crippen molar-refractivity contribution in [3.63, 3.8) is 0 Å². The summed E-state index contributed by atoms with van der Waals surface area (Å²) >= 11 is 2.95. The molecule has 0 bridgehead atoms. The molecule has 0 aliphatic rings. The van der Waals surface area contributed by atoms with Gasteiger partial charge in [-0.25, -0.2) is 4.79 Å². The van der Waals surface area contributed by atoms with E-state index in [1.54, 1.807) is 13.8 Å². The van der Waals surface area contributed by atoms with Crippen LogP contribution in [-0.2, 0) is 11.0 Å². The second-order valence-electron chi connectivity index (χ2n) is 5.31. The summed E-state index contributed by atoms with van der Waals surface area (Å²) in [7, 11) is 0. The van der Waals surface area contributed by atoms with Gasteiger partial charge in [-0.1, -0.05) is 29.8 Å². The highest BCUT2D eigenvalue weighted by Gasteiger charge is 2.35. The summed E-state index contributed by atoms with van der Waals surface area (Å²) in [4.78, 5) is 22.9. The van der Waals surface area contributed by atoms with Crippen molar-refractivity contribution in [2.75, 3.05) is 5.32 Å². The number of anilines is 1. The molecule has 1 aromatic carbocycles. The molecular formula is C14H16BrF3N2O3. The molecule has 0 aliphatic heterocycles. The van der Waals surface area contributed by atoms with E-state index in [9.17, 15) is 22.8 Å². The fourth-order valence-corrected chi connectivity index (χ4v) is 2.29. The highest BCUT2D eigenvalue weighted by atomic mass is 79.9. The average Bonchev–Trinajstić information content (AvgIpc) is 2.37. The zero-order valence-electron chi connectivity index (χ0n) is 12.4. The predicted octanol–water partition coefficient (Wildman–Crippen LogP) is 4.09. The Kier molecular flexibility index (Phi) is 6.43. The molecule has 0 aliphatic carbocycles. The number of hydrogen-bond acceptors (Lipinski definition) is 2. The van der Waals surface area contributed by atoms with Gasteiger partial charge in [0, 0.05) is 4.47 Å². The molecule has 2 amide bonds. The van der Waals surface area contributed by atoms with Crippen molar-refractivity contribution < 1.29 is 27.9 Å². The second-order valence-corrected chi connectivity index (χ2v) is 6.22. The maximum Gasteiger partial charge on any atom is 0.418 e. The molecule has 0 fully saturated rings. The van der Waals surface area contributed by atoms with Crippen molar-refractivity contribution in [3.05, 3.63) is 28.2 Å². The molecule has 1 aromatic rings. The molecule has 23 heavy (non-hydrogen) atoms. The van der Waals surface area contributed by atoms with Crippen LogP contribution in [0.1, 0.15) is 25.8 Å². The Hall–Kier alpha value is -1.77. The van der Waals surface area contributed by atoms with E-state index in [1.807, 2.05) is 5.32 Å². The minimum absolute atomic E-state index is 0.0235. The predicted molar refractivity (Wildman–Crippen MR) is 82.2 cm³/mol. The van der Waals surface area contributed by atoms with Crippen molar-refractivity contribution in [2.24, 2.45) is 5.92 Å². The first kappa shape index (κ1) is 19.3. The van der Waals surface area contributed by atoms with Gasteiger partial charge in [0.05, 0.1) is 11.3 Å². The van der Waals surface area contributed by atoms with E-state index in [2.05, 4.69) is 21.2 Å². The number of nitrogens with one attached hydrogen (secondary N) is 2. The van der Waals surface area contributed by atoms with E-state index in [1.165, 1.54) is 6.07 Å². The monoisotopic (exact) mass is 396 g/mol. The zero-order chi connectivity index (χ0) is 17.8. The molecule has 0 spiro atoms. The largest absolute Gasteiger partial charge is 0.465 e. The summed E-state index contributed by atoms with van der Waals surface area (Å²) < 4.78 is 39.3. The summed E-state index contributed by atoms with van der Waals surface area (Å²) in [6.45, 7) is 3.54. The summed E-state index contributed by atoms with van der Waals surface area (Å²) in [6.07, 6.45) is -5.91. The molecule has 3 N–H and O–H groups in total. The highest BCUT2D eigenvalue weighted by molar-refractivity contribution is 9.10. The molecule has 1 atom stereocenters. The van der Waals surface area contributed by atoms with Crippen LogP contribution in [0.2, 0.25) is 0 Å². The third kappa shape index (κ3) is 6.09. The summed E-state index contributed by atoms with van der Waals surface area (Å²) in [5, 5.41) is 12.9. The van der Waals surface area contributed by atoms with Gasteiger partial charge in [-0.3, -0.25) is 4.79 Å². The third-order valence-electron chi connectivity index (χ3n) is 2.87. The Morgan fingerprint density at radius 2 is 1.91 bits per heavy atom. The van der Waals surface area contributed by atoms with Gasteiger partial charge < -0.3 is 15.7 Å². The number of carbonyl (C=O) groups excluding carboxylic acids is 1. The maximum absolute atomic E-state index is 13.0. The van der Waals surface area contributed by atoms with Gasteiger partial charge in [0.25, 0.3) is 0 Å². The number of hydrogen-bond donors (Lipinski definition) is 3. The summed E-state index contributed by atoms with van der Waals surface area (Å²) in [5.41, 5.74) is -1.44. The highest BCUT2D eigenvalue weighted by Crippen LogP contribution is 2.36. The van der Waals surface area contributed by atoms with Gasteiger partial charge in [-0.15, -0.1) is 0 Å². The Morgan fingerprint density at radius 3 is 2.39 bits per heavy atom. The third-order valence-corrected chi connectivity index (χ3v) is 3.36.